The Morgan fingerprint density at radius 3 is 2.42 bits per heavy atom. The van der Waals surface area contributed by atoms with E-state index in [1.165, 1.54) is 22.7 Å². The van der Waals surface area contributed by atoms with Gasteiger partial charge in [-0.25, -0.2) is 13.4 Å². The van der Waals surface area contributed by atoms with Gasteiger partial charge in [-0.15, -0.1) is 10.2 Å². The number of aromatic nitrogens is 4. The Kier molecular flexibility index (Phi) is 5.36. The third-order valence-corrected chi connectivity index (χ3v) is 6.16. The average Bonchev–Trinajstić information content (AvgIpc) is 3.26. The zero-order chi connectivity index (χ0) is 22.6. The zero-order valence-corrected chi connectivity index (χ0v) is 18.4. The van der Waals surface area contributed by atoms with E-state index in [0.29, 0.717) is 15.6 Å². The van der Waals surface area contributed by atoms with E-state index in [4.69, 9.17) is 23.2 Å². The highest BCUT2D eigenvalue weighted by Crippen LogP contribution is 2.36. The Balaban J connectivity index is 1.69. The summed E-state index contributed by atoms with van der Waals surface area (Å²) in [4.78, 5) is 4.25. The van der Waals surface area contributed by atoms with E-state index in [0.717, 1.165) is 29.9 Å². The maximum Gasteiger partial charge on any atom is 0.417 e. The van der Waals surface area contributed by atoms with Gasteiger partial charge in [0.15, 0.2) is 10.7 Å². The Morgan fingerprint density at radius 1 is 1.06 bits per heavy atom. The van der Waals surface area contributed by atoms with Crippen molar-refractivity contribution in [2.75, 3.05) is 11.0 Å². The summed E-state index contributed by atoms with van der Waals surface area (Å²) < 4.78 is 65.2. The van der Waals surface area contributed by atoms with Crippen molar-refractivity contribution in [2.24, 2.45) is 0 Å². The molecule has 0 spiro atoms. The predicted molar refractivity (Wildman–Crippen MR) is 113 cm³/mol. The van der Waals surface area contributed by atoms with Gasteiger partial charge in [-0.3, -0.25) is 4.72 Å². The Labute approximate surface area is 187 Å². The molecule has 0 bridgehead atoms. The standard InChI is InChI=1S/C17H10Cl2F3N5O2S2/c1-31(28,29)26-9-2-3-10(11(18)5-9)15-24-25-16(30-15)13-7-27-6-8(17(20,21)22)4-12(19)14(27)23-13/h2-7,26H,1H3. The van der Waals surface area contributed by atoms with Gasteiger partial charge in [-0.05, 0) is 24.3 Å². The van der Waals surface area contributed by atoms with Gasteiger partial charge in [0, 0.05) is 23.6 Å². The second kappa shape index (κ2) is 7.62. The molecular formula is C17H10Cl2F3N5O2S2. The number of hydrogen-bond acceptors (Lipinski definition) is 6. The van der Waals surface area contributed by atoms with Crippen LogP contribution in [0.15, 0.2) is 36.7 Å². The maximum absolute atomic E-state index is 13.0. The summed E-state index contributed by atoms with van der Waals surface area (Å²) in [7, 11) is -3.46. The van der Waals surface area contributed by atoms with Crippen LogP contribution < -0.4 is 4.72 Å². The van der Waals surface area contributed by atoms with Gasteiger partial charge in [0.05, 0.1) is 21.9 Å². The Bertz CT molecular complexity index is 1420. The highest BCUT2D eigenvalue weighted by atomic mass is 35.5. The molecule has 0 atom stereocenters. The molecule has 0 aliphatic carbocycles. The van der Waals surface area contributed by atoms with Crippen LogP contribution in [-0.2, 0) is 16.2 Å². The molecule has 0 unspecified atom stereocenters. The molecule has 4 rings (SSSR count). The molecular weight excluding hydrogens is 498 g/mol. The van der Waals surface area contributed by atoms with Gasteiger partial charge in [-0.1, -0.05) is 34.5 Å². The van der Waals surface area contributed by atoms with Gasteiger partial charge in [0.25, 0.3) is 0 Å². The number of pyridine rings is 1. The van der Waals surface area contributed by atoms with Crippen molar-refractivity contribution in [1.29, 1.82) is 0 Å². The van der Waals surface area contributed by atoms with Crippen LogP contribution in [-0.4, -0.2) is 34.3 Å². The van der Waals surface area contributed by atoms with Crippen molar-refractivity contribution >= 4 is 55.9 Å². The van der Waals surface area contributed by atoms with Gasteiger partial charge >= 0.3 is 6.18 Å². The number of benzene rings is 1. The summed E-state index contributed by atoms with van der Waals surface area (Å²) in [5, 5.41) is 8.96. The highest BCUT2D eigenvalue weighted by molar-refractivity contribution is 7.92. The smallest absolute Gasteiger partial charge is 0.305 e. The summed E-state index contributed by atoms with van der Waals surface area (Å²) in [5.74, 6) is 0. The summed E-state index contributed by atoms with van der Waals surface area (Å²) in [5.41, 5.74) is 0.329. The molecule has 0 saturated heterocycles. The third-order valence-electron chi connectivity index (χ3n) is 3.98. The summed E-state index contributed by atoms with van der Waals surface area (Å²) >= 11 is 13.3. The van der Waals surface area contributed by atoms with Crippen LogP contribution in [0.3, 0.4) is 0 Å². The minimum absolute atomic E-state index is 0.149. The Hall–Kier alpha value is -2.41. The largest absolute Gasteiger partial charge is 0.417 e. The van der Waals surface area contributed by atoms with Crippen molar-refractivity contribution in [1.82, 2.24) is 19.6 Å². The lowest BCUT2D eigenvalue weighted by atomic mass is 10.2. The van der Waals surface area contributed by atoms with Crippen LogP contribution in [0.4, 0.5) is 18.9 Å². The fourth-order valence-corrected chi connectivity index (χ4v) is 4.69. The van der Waals surface area contributed by atoms with Crippen LogP contribution in [0.25, 0.3) is 26.9 Å². The molecule has 3 aromatic heterocycles. The number of alkyl halides is 3. The fourth-order valence-electron chi connectivity index (χ4n) is 2.72. The molecule has 0 saturated carbocycles. The van der Waals surface area contributed by atoms with Gasteiger partial charge in [0.1, 0.15) is 10.7 Å². The molecule has 31 heavy (non-hydrogen) atoms. The van der Waals surface area contributed by atoms with Crippen LogP contribution in [0.2, 0.25) is 10.0 Å². The summed E-state index contributed by atoms with van der Waals surface area (Å²) in [6.07, 6.45) is -1.26. The van der Waals surface area contributed by atoms with Crippen molar-refractivity contribution < 1.29 is 21.6 Å². The van der Waals surface area contributed by atoms with Crippen molar-refractivity contribution in [3.63, 3.8) is 0 Å². The molecule has 1 aromatic carbocycles. The number of hydrogen-bond donors (Lipinski definition) is 1. The second-order valence-corrected chi connectivity index (χ2v) is 9.95. The highest BCUT2D eigenvalue weighted by Gasteiger charge is 2.32. The molecule has 0 radical (unpaired) electrons. The van der Waals surface area contributed by atoms with Crippen LogP contribution in [0, 0.1) is 0 Å². The van der Waals surface area contributed by atoms with E-state index in [1.54, 1.807) is 6.07 Å². The molecule has 7 nitrogen and oxygen atoms in total. The maximum atomic E-state index is 13.0. The minimum Gasteiger partial charge on any atom is -0.305 e. The van der Waals surface area contributed by atoms with Gasteiger partial charge < -0.3 is 4.40 Å². The van der Waals surface area contributed by atoms with E-state index < -0.39 is 21.8 Å². The van der Waals surface area contributed by atoms with Gasteiger partial charge in [0.2, 0.25) is 10.0 Å². The summed E-state index contributed by atoms with van der Waals surface area (Å²) in [6.45, 7) is 0. The first-order chi connectivity index (χ1) is 14.4. The molecule has 0 aliphatic heterocycles. The average molecular weight is 508 g/mol. The van der Waals surface area contributed by atoms with E-state index in [1.807, 2.05) is 0 Å². The zero-order valence-electron chi connectivity index (χ0n) is 15.3. The number of fused-ring (bicyclic) bond motifs is 1. The fraction of sp³-hybridized carbons (Fsp3) is 0.118. The lowest BCUT2D eigenvalue weighted by Crippen LogP contribution is -2.09. The van der Waals surface area contributed by atoms with Crippen LogP contribution in [0.1, 0.15) is 5.56 Å². The topological polar surface area (TPSA) is 89.2 Å². The van der Waals surface area contributed by atoms with E-state index in [2.05, 4.69) is 19.9 Å². The number of sulfonamides is 1. The number of halogens is 5. The first kappa shape index (κ1) is 21.8. The first-order valence-electron chi connectivity index (χ1n) is 8.28. The van der Waals surface area contributed by atoms with Crippen LogP contribution >= 0.6 is 34.5 Å². The number of rotatable bonds is 4. The molecule has 1 N–H and O–H groups in total. The minimum atomic E-state index is -4.55. The number of anilines is 1. The third kappa shape index (κ3) is 4.61. The lowest BCUT2D eigenvalue weighted by Gasteiger charge is -2.07. The van der Waals surface area contributed by atoms with Crippen molar-refractivity contribution in [2.45, 2.75) is 6.18 Å². The van der Waals surface area contributed by atoms with E-state index in [-0.39, 0.29) is 27.1 Å². The van der Waals surface area contributed by atoms with Crippen molar-refractivity contribution in [3.8, 4) is 21.3 Å². The Morgan fingerprint density at radius 2 is 1.77 bits per heavy atom. The number of nitrogens with zero attached hydrogens (tertiary/aromatic N) is 4. The SMILES string of the molecule is CS(=O)(=O)Nc1ccc(-c2nnc(-c3cn4cc(C(F)(F)F)cc(Cl)c4n3)s2)c(Cl)c1. The monoisotopic (exact) mass is 507 g/mol. The number of nitrogens with one attached hydrogen (secondary N) is 1. The summed E-state index contributed by atoms with van der Waals surface area (Å²) in [6, 6.07) is 5.34. The second-order valence-electron chi connectivity index (χ2n) is 6.41. The van der Waals surface area contributed by atoms with E-state index >= 15 is 0 Å². The predicted octanol–water partition coefficient (Wildman–Crippen LogP) is 5.22. The number of imidazole rings is 1. The molecule has 4 aromatic rings. The molecule has 0 aliphatic rings. The van der Waals surface area contributed by atoms with Crippen LogP contribution in [0.5, 0.6) is 0 Å². The molecule has 162 valence electrons. The molecule has 0 amide bonds. The molecule has 3 heterocycles. The molecule has 14 heteroatoms. The quantitative estimate of drug-likeness (QED) is 0.409. The lowest BCUT2D eigenvalue weighted by molar-refractivity contribution is -0.137. The van der Waals surface area contributed by atoms with Crippen molar-refractivity contribution in [3.05, 3.63) is 52.3 Å². The normalized spacial score (nSPS) is 12.5. The van der Waals surface area contributed by atoms with Gasteiger partial charge in [-0.2, -0.15) is 13.2 Å². The molecule has 0 fully saturated rings. The first-order valence-corrected chi connectivity index (χ1v) is 11.7. The van der Waals surface area contributed by atoms with E-state index in [9.17, 15) is 21.6 Å².